The Morgan fingerprint density at radius 1 is 0.297 bits per heavy atom. The summed E-state index contributed by atoms with van der Waals surface area (Å²) >= 11 is 0. The summed E-state index contributed by atoms with van der Waals surface area (Å²) in [4.78, 5) is 14.3. The molecule has 0 amide bonds. The van der Waals surface area contributed by atoms with Crippen molar-refractivity contribution in [2.24, 2.45) is 0 Å². The van der Waals surface area contributed by atoms with E-state index in [4.69, 9.17) is 16.7 Å². The molecule has 64 heavy (non-hydrogen) atoms. The van der Waals surface area contributed by atoms with Gasteiger partial charge in [0.1, 0.15) is 42.4 Å². The van der Waals surface area contributed by atoms with E-state index in [0.29, 0.717) is 0 Å². The predicted octanol–water partition coefficient (Wildman–Crippen LogP) is 7.73. The largest absolute Gasteiger partial charge is 0.374 e. The SMILES string of the molecule is O=S(=O)(Oc1c2nc(c(OS(=O)(=O)c3ccccc3)c3ccc([nH]3)c(OS(=O)(=O)c3ccccc3)c3ccc([nH]3)c(OS(=O)(=O)c3ccccc3)c3nc1C=C3)C=C2)c1ccccc1. The summed E-state index contributed by atoms with van der Waals surface area (Å²) in [5.41, 5.74) is -0.778. The smallest absolute Gasteiger partial charge is 0.339 e. The number of aromatic amines is 2. The molecule has 322 valence electrons. The Balaban J connectivity index is 1.37. The van der Waals surface area contributed by atoms with Crippen LogP contribution in [0.4, 0.5) is 0 Å². The number of H-pyrrole nitrogens is 2. The van der Waals surface area contributed by atoms with Gasteiger partial charge in [-0.2, -0.15) is 33.7 Å². The number of hydrogen-bond acceptors (Lipinski definition) is 14. The number of aromatic nitrogens is 4. The van der Waals surface area contributed by atoms with Gasteiger partial charge in [-0.1, -0.05) is 72.8 Å². The Labute approximate surface area is 366 Å². The molecule has 0 fully saturated rings. The summed E-state index contributed by atoms with van der Waals surface area (Å²) in [6.45, 7) is 0. The molecule has 0 radical (unpaired) electrons. The maximum atomic E-state index is 13.8. The Morgan fingerprint density at radius 3 is 0.828 bits per heavy atom. The second-order valence-electron chi connectivity index (χ2n) is 13.7. The molecule has 2 N–H and O–H groups in total. The van der Waals surface area contributed by atoms with Crippen LogP contribution in [0.1, 0.15) is 22.8 Å². The lowest BCUT2D eigenvalue weighted by molar-refractivity contribution is 0.482. The third kappa shape index (κ3) is 8.37. The molecule has 0 spiro atoms. The molecule has 0 saturated carbocycles. The first kappa shape index (κ1) is 41.8. The molecule has 16 nitrogen and oxygen atoms in total. The second kappa shape index (κ2) is 16.3. The first-order valence-electron chi connectivity index (χ1n) is 18.8. The summed E-state index contributed by atoms with van der Waals surface area (Å²) in [6, 6.07) is 34.6. The monoisotopic (exact) mass is 934 g/mol. The van der Waals surface area contributed by atoms with Crippen molar-refractivity contribution in [1.82, 2.24) is 19.9 Å². The third-order valence-electron chi connectivity index (χ3n) is 9.46. The van der Waals surface area contributed by atoms with Crippen molar-refractivity contribution in [3.05, 3.63) is 168 Å². The average Bonchev–Trinajstić information content (AvgIpc) is 4.16. The molecule has 8 bridgehead atoms. The Morgan fingerprint density at radius 2 is 0.531 bits per heavy atom. The molecule has 0 aliphatic carbocycles. The van der Waals surface area contributed by atoms with Crippen molar-refractivity contribution < 1.29 is 50.4 Å². The van der Waals surface area contributed by atoms with Gasteiger partial charge >= 0.3 is 40.5 Å². The van der Waals surface area contributed by atoms with E-state index in [2.05, 4.69) is 19.9 Å². The highest BCUT2D eigenvalue weighted by atomic mass is 32.2. The molecule has 4 aromatic carbocycles. The first-order valence-corrected chi connectivity index (χ1v) is 24.4. The standard InChI is InChI=1S/C44H30N4O12S4/c49-61(50,29-13-5-1-6-14-29)57-41-33-21-23-35(45-33)42(58-62(51,52)30-15-7-2-8-16-30)37-25-27-39(47-37)44(60-64(55,56)32-19-11-4-12-20-32)40-28-26-38(48-40)43(36-24-22-34(41)46-36)59-63(53,54)31-17-9-3-10-18-31/h1-28,45-46H. The lowest BCUT2D eigenvalue weighted by atomic mass is 10.3. The van der Waals surface area contributed by atoms with Crippen LogP contribution in [0.15, 0.2) is 165 Å². The number of nitrogens with zero attached hydrogens (tertiary/aromatic N) is 2. The van der Waals surface area contributed by atoms with Gasteiger partial charge in [-0.05, 0) is 97.1 Å². The molecular weight excluding hydrogens is 905 g/mol. The van der Waals surface area contributed by atoms with Gasteiger partial charge in [0.25, 0.3) is 0 Å². The summed E-state index contributed by atoms with van der Waals surface area (Å²) in [7, 11) is -18.3. The number of rotatable bonds is 12. The van der Waals surface area contributed by atoms with Crippen LogP contribution >= 0.6 is 0 Å². The number of benzene rings is 4. The molecule has 0 saturated heterocycles. The minimum absolute atomic E-state index is 0.0300. The fourth-order valence-electron chi connectivity index (χ4n) is 6.43. The van der Waals surface area contributed by atoms with Gasteiger partial charge in [0.15, 0.2) is 23.0 Å². The lowest BCUT2D eigenvalue weighted by Crippen LogP contribution is -2.12. The van der Waals surface area contributed by atoms with Crippen molar-refractivity contribution >= 4 is 86.8 Å². The molecule has 9 rings (SSSR count). The molecule has 3 aromatic heterocycles. The lowest BCUT2D eigenvalue weighted by Gasteiger charge is -2.10. The van der Waals surface area contributed by atoms with Crippen LogP contribution in [0.2, 0.25) is 0 Å². The summed E-state index contributed by atoms with van der Waals surface area (Å²) in [5.74, 6) is -1.55. The van der Waals surface area contributed by atoms with Crippen molar-refractivity contribution in [1.29, 1.82) is 0 Å². The van der Waals surface area contributed by atoms with E-state index in [0.717, 1.165) is 0 Å². The highest BCUT2D eigenvalue weighted by molar-refractivity contribution is 7.88. The molecule has 5 heterocycles. The predicted molar refractivity (Wildman–Crippen MR) is 236 cm³/mol. The van der Waals surface area contributed by atoms with Gasteiger partial charge in [-0.3, -0.25) is 0 Å². The number of fused-ring (bicyclic) bond motifs is 8. The highest BCUT2D eigenvalue weighted by Crippen LogP contribution is 2.39. The van der Waals surface area contributed by atoms with Crippen molar-refractivity contribution in [2.75, 3.05) is 0 Å². The zero-order valence-corrected chi connectivity index (χ0v) is 35.9. The van der Waals surface area contributed by atoms with E-state index < -0.39 is 46.2 Å². The van der Waals surface area contributed by atoms with Crippen LogP contribution in [-0.2, 0) is 40.5 Å². The van der Waals surface area contributed by atoms with Crippen molar-refractivity contribution in [3.8, 4) is 23.0 Å². The zero-order valence-electron chi connectivity index (χ0n) is 32.6. The fraction of sp³-hybridized carbons (Fsp3) is 0. The van der Waals surface area contributed by atoms with Crippen molar-refractivity contribution in [2.45, 2.75) is 19.6 Å². The maximum absolute atomic E-state index is 13.8. The van der Waals surface area contributed by atoms with E-state index in [9.17, 15) is 33.7 Å². The third-order valence-corrected chi connectivity index (χ3v) is 14.4. The van der Waals surface area contributed by atoms with Gasteiger partial charge in [-0.25, -0.2) is 9.97 Å². The van der Waals surface area contributed by atoms with E-state index in [1.807, 2.05) is 0 Å². The minimum atomic E-state index is -4.60. The molecular formula is C44H30N4O12S4. The van der Waals surface area contributed by atoms with E-state index in [1.165, 1.54) is 146 Å². The van der Waals surface area contributed by atoms with Crippen LogP contribution < -0.4 is 16.7 Å². The van der Waals surface area contributed by atoms with Crippen LogP contribution in [0.5, 0.6) is 23.0 Å². The molecule has 2 aliphatic heterocycles. The molecule has 20 heteroatoms. The minimum Gasteiger partial charge on any atom is -0.374 e. The van der Waals surface area contributed by atoms with Gasteiger partial charge < -0.3 is 26.7 Å². The molecule has 7 aromatic rings. The summed E-state index contributed by atoms with van der Waals surface area (Å²) in [6.07, 6.45) is 5.37. The van der Waals surface area contributed by atoms with Gasteiger partial charge in [0.05, 0.1) is 22.1 Å². The molecule has 2 aliphatic rings. The first-order chi connectivity index (χ1) is 30.7. The van der Waals surface area contributed by atoms with E-state index in [-0.39, 0.29) is 81.7 Å². The van der Waals surface area contributed by atoms with Gasteiger partial charge in [0.2, 0.25) is 0 Å². The Hall–Kier alpha value is -7.52. The quantitative estimate of drug-likeness (QED) is 0.112. The summed E-state index contributed by atoms with van der Waals surface area (Å²) < 4.78 is 134. The second-order valence-corrected chi connectivity index (χ2v) is 19.9. The highest BCUT2D eigenvalue weighted by Gasteiger charge is 2.28. The van der Waals surface area contributed by atoms with E-state index in [1.54, 1.807) is 24.3 Å². The maximum Gasteiger partial charge on any atom is 0.339 e. The van der Waals surface area contributed by atoms with Crippen LogP contribution in [0, 0.1) is 0 Å². The van der Waals surface area contributed by atoms with Crippen LogP contribution in [0.3, 0.4) is 0 Å². The van der Waals surface area contributed by atoms with E-state index >= 15 is 0 Å². The number of nitrogens with one attached hydrogen (secondary N) is 2. The van der Waals surface area contributed by atoms with Crippen LogP contribution in [0.25, 0.3) is 46.4 Å². The van der Waals surface area contributed by atoms with Crippen molar-refractivity contribution in [3.63, 3.8) is 0 Å². The molecule has 0 unspecified atom stereocenters. The Kier molecular flexibility index (Phi) is 10.7. The fourth-order valence-corrected chi connectivity index (χ4v) is 10.4. The van der Waals surface area contributed by atoms with Gasteiger partial charge in [-0.15, -0.1) is 0 Å². The number of hydrogen-bond donors (Lipinski definition) is 2. The normalized spacial score (nSPS) is 12.8. The Bertz CT molecular complexity index is 3490. The van der Waals surface area contributed by atoms with Crippen LogP contribution in [-0.4, -0.2) is 53.6 Å². The molecule has 0 atom stereocenters. The topological polar surface area (TPSA) is 231 Å². The zero-order chi connectivity index (χ0) is 44.7. The average molecular weight is 935 g/mol. The summed E-state index contributed by atoms with van der Waals surface area (Å²) in [5, 5.41) is 0. The van der Waals surface area contributed by atoms with Gasteiger partial charge in [0, 0.05) is 0 Å².